The summed E-state index contributed by atoms with van der Waals surface area (Å²) in [4.78, 5) is 12.6. The molecular formula is C14H10Cl3NOS. The van der Waals surface area contributed by atoms with Crippen molar-refractivity contribution in [1.82, 2.24) is 0 Å². The van der Waals surface area contributed by atoms with Gasteiger partial charge in [0.05, 0.1) is 26.5 Å². The molecule has 0 saturated heterocycles. The van der Waals surface area contributed by atoms with Crippen LogP contribution in [0.25, 0.3) is 0 Å². The number of carbonyl (C=O) groups is 1. The highest BCUT2D eigenvalue weighted by Gasteiger charge is 2.10. The van der Waals surface area contributed by atoms with Gasteiger partial charge in [0.15, 0.2) is 0 Å². The van der Waals surface area contributed by atoms with Crippen LogP contribution in [0.4, 0.5) is 5.69 Å². The van der Waals surface area contributed by atoms with E-state index in [2.05, 4.69) is 5.32 Å². The van der Waals surface area contributed by atoms with Crippen molar-refractivity contribution in [3.8, 4) is 0 Å². The van der Waals surface area contributed by atoms with Crippen LogP contribution in [-0.2, 0) is 4.79 Å². The molecule has 1 amide bonds. The Morgan fingerprint density at radius 2 is 1.55 bits per heavy atom. The molecule has 2 rings (SSSR count). The molecular weight excluding hydrogens is 337 g/mol. The van der Waals surface area contributed by atoms with Gasteiger partial charge in [0.2, 0.25) is 5.91 Å². The van der Waals surface area contributed by atoms with Gasteiger partial charge >= 0.3 is 0 Å². The lowest BCUT2D eigenvalue weighted by molar-refractivity contribution is -0.113. The first-order valence-corrected chi connectivity index (χ1v) is 7.81. The smallest absolute Gasteiger partial charge is 0.234 e. The van der Waals surface area contributed by atoms with Crippen LogP contribution in [0.2, 0.25) is 15.1 Å². The van der Waals surface area contributed by atoms with Crippen molar-refractivity contribution in [3.05, 3.63) is 57.5 Å². The van der Waals surface area contributed by atoms with Crippen molar-refractivity contribution in [3.63, 3.8) is 0 Å². The molecule has 0 unspecified atom stereocenters. The van der Waals surface area contributed by atoms with Crippen LogP contribution in [0, 0.1) is 0 Å². The summed E-state index contributed by atoms with van der Waals surface area (Å²) in [6.45, 7) is 0. The van der Waals surface area contributed by atoms with Crippen molar-refractivity contribution in [2.75, 3.05) is 11.1 Å². The highest BCUT2D eigenvalue weighted by molar-refractivity contribution is 8.00. The van der Waals surface area contributed by atoms with Crippen LogP contribution < -0.4 is 5.32 Å². The minimum absolute atomic E-state index is 0.168. The molecule has 20 heavy (non-hydrogen) atoms. The molecule has 1 N–H and O–H groups in total. The Labute approximate surface area is 136 Å². The predicted octanol–water partition coefficient (Wildman–Crippen LogP) is 5.38. The van der Waals surface area contributed by atoms with E-state index in [1.54, 1.807) is 42.5 Å². The number of rotatable bonds is 4. The van der Waals surface area contributed by atoms with E-state index in [9.17, 15) is 4.79 Å². The van der Waals surface area contributed by atoms with E-state index in [0.717, 1.165) is 0 Å². The van der Waals surface area contributed by atoms with E-state index in [0.29, 0.717) is 25.7 Å². The number of hydrogen-bond acceptors (Lipinski definition) is 2. The summed E-state index contributed by atoms with van der Waals surface area (Å²) in [7, 11) is 0. The Morgan fingerprint density at radius 1 is 0.950 bits per heavy atom. The van der Waals surface area contributed by atoms with Crippen LogP contribution in [0.15, 0.2) is 47.4 Å². The minimum atomic E-state index is -0.168. The first-order chi connectivity index (χ1) is 9.58. The Morgan fingerprint density at radius 3 is 2.20 bits per heavy atom. The van der Waals surface area contributed by atoms with Gasteiger partial charge in [0.25, 0.3) is 0 Å². The quantitative estimate of drug-likeness (QED) is 0.753. The van der Waals surface area contributed by atoms with Gasteiger partial charge in [-0.25, -0.2) is 0 Å². The summed E-state index contributed by atoms with van der Waals surface area (Å²) in [6, 6.07) is 12.3. The fraction of sp³-hybridized carbons (Fsp3) is 0.0714. The van der Waals surface area contributed by atoms with Crippen molar-refractivity contribution in [2.45, 2.75) is 4.90 Å². The van der Waals surface area contributed by atoms with Gasteiger partial charge in [0.1, 0.15) is 0 Å². The number of anilines is 1. The molecule has 0 radical (unpaired) electrons. The van der Waals surface area contributed by atoms with Gasteiger partial charge in [0, 0.05) is 4.90 Å². The predicted molar refractivity (Wildman–Crippen MR) is 87.3 cm³/mol. The molecule has 0 bridgehead atoms. The average molecular weight is 347 g/mol. The maximum absolute atomic E-state index is 11.9. The molecule has 0 aromatic heterocycles. The van der Waals surface area contributed by atoms with Crippen molar-refractivity contribution >= 4 is 58.2 Å². The lowest BCUT2D eigenvalue weighted by atomic mass is 10.3. The molecule has 0 aliphatic rings. The zero-order valence-electron chi connectivity index (χ0n) is 10.2. The number of nitrogens with one attached hydrogen (secondary N) is 1. The highest BCUT2D eigenvalue weighted by atomic mass is 35.5. The van der Waals surface area contributed by atoms with E-state index in [1.165, 1.54) is 11.8 Å². The van der Waals surface area contributed by atoms with Crippen molar-refractivity contribution in [1.29, 1.82) is 0 Å². The number of benzene rings is 2. The third-order valence-electron chi connectivity index (χ3n) is 2.41. The fourth-order valence-electron chi connectivity index (χ4n) is 1.51. The molecule has 104 valence electrons. The van der Waals surface area contributed by atoms with Crippen LogP contribution in [0.1, 0.15) is 0 Å². The van der Waals surface area contributed by atoms with Crippen LogP contribution in [0.3, 0.4) is 0 Å². The van der Waals surface area contributed by atoms with Gasteiger partial charge in [-0.15, -0.1) is 11.8 Å². The zero-order valence-corrected chi connectivity index (χ0v) is 13.3. The molecule has 0 saturated carbocycles. The Kier molecular flexibility index (Phi) is 5.61. The largest absolute Gasteiger partial charge is 0.324 e. The second kappa shape index (κ2) is 7.23. The molecule has 0 heterocycles. The highest BCUT2D eigenvalue weighted by Crippen LogP contribution is 2.33. The van der Waals surface area contributed by atoms with E-state index < -0.39 is 0 Å². The summed E-state index contributed by atoms with van der Waals surface area (Å²) < 4.78 is 0. The first kappa shape index (κ1) is 15.5. The van der Waals surface area contributed by atoms with Gasteiger partial charge in [-0.1, -0.05) is 53.0 Å². The third kappa shape index (κ3) is 4.06. The van der Waals surface area contributed by atoms with E-state index >= 15 is 0 Å². The molecule has 0 aliphatic heterocycles. The van der Waals surface area contributed by atoms with Crippen molar-refractivity contribution < 1.29 is 4.79 Å². The van der Waals surface area contributed by atoms with E-state index in [-0.39, 0.29) is 11.7 Å². The summed E-state index contributed by atoms with van der Waals surface area (Å²) in [5.41, 5.74) is 0.588. The van der Waals surface area contributed by atoms with Gasteiger partial charge in [-0.3, -0.25) is 4.79 Å². The second-order valence-electron chi connectivity index (χ2n) is 3.87. The monoisotopic (exact) mass is 345 g/mol. The van der Waals surface area contributed by atoms with E-state index in [1.807, 2.05) is 0 Å². The summed E-state index contributed by atoms with van der Waals surface area (Å²) in [5.74, 6) is 0.0355. The second-order valence-corrected chi connectivity index (χ2v) is 6.07. The number of halogens is 3. The first-order valence-electron chi connectivity index (χ1n) is 5.69. The Bertz CT molecular complexity index is 613. The zero-order chi connectivity index (χ0) is 14.5. The van der Waals surface area contributed by atoms with E-state index in [4.69, 9.17) is 34.8 Å². The number of para-hydroxylation sites is 1. The lowest BCUT2D eigenvalue weighted by Gasteiger charge is -2.08. The topological polar surface area (TPSA) is 29.1 Å². The summed E-state index contributed by atoms with van der Waals surface area (Å²) in [6.07, 6.45) is 0. The molecule has 6 heteroatoms. The molecule has 2 aromatic rings. The SMILES string of the molecule is O=C(CSc1c(Cl)cccc1Cl)Nc1ccccc1Cl. The summed E-state index contributed by atoms with van der Waals surface area (Å²) in [5, 5.41) is 4.31. The number of carbonyl (C=O) groups excluding carboxylic acids is 1. The maximum Gasteiger partial charge on any atom is 0.234 e. The molecule has 2 nitrogen and oxygen atoms in total. The third-order valence-corrected chi connectivity index (χ3v) is 4.73. The van der Waals surface area contributed by atoms with Crippen molar-refractivity contribution in [2.24, 2.45) is 0 Å². The Balaban J connectivity index is 1.98. The molecule has 0 atom stereocenters. The van der Waals surface area contributed by atoms with Gasteiger partial charge < -0.3 is 5.32 Å². The molecule has 2 aromatic carbocycles. The molecule has 0 spiro atoms. The average Bonchev–Trinajstić information content (AvgIpc) is 2.41. The lowest BCUT2D eigenvalue weighted by Crippen LogP contribution is -2.14. The van der Waals surface area contributed by atoms with Crippen LogP contribution >= 0.6 is 46.6 Å². The van der Waals surface area contributed by atoms with Gasteiger partial charge in [-0.05, 0) is 24.3 Å². The Hall–Kier alpha value is -0.870. The molecule has 0 fully saturated rings. The van der Waals surface area contributed by atoms with Gasteiger partial charge in [-0.2, -0.15) is 0 Å². The number of amides is 1. The maximum atomic E-state index is 11.9. The van der Waals surface area contributed by atoms with Crippen LogP contribution in [0.5, 0.6) is 0 Å². The minimum Gasteiger partial charge on any atom is -0.324 e. The summed E-state index contributed by atoms with van der Waals surface area (Å²) >= 11 is 19.3. The van der Waals surface area contributed by atoms with Crippen LogP contribution in [-0.4, -0.2) is 11.7 Å². The number of thioether (sulfide) groups is 1. The molecule has 0 aliphatic carbocycles. The fourth-order valence-corrected chi connectivity index (χ4v) is 3.17. The number of hydrogen-bond donors (Lipinski definition) is 1. The standard InChI is InChI=1S/C14H10Cl3NOS/c15-9-4-1-2-7-12(9)18-13(19)8-20-14-10(16)5-3-6-11(14)17/h1-7H,8H2,(H,18,19). The normalized spacial score (nSPS) is 10.3.